The minimum atomic E-state index is -0.305. The van der Waals surface area contributed by atoms with Crippen LogP contribution in [0, 0.1) is 15.5 Å². The van der Waals surface area contributed by atoms with Crippen LogP contribution in [0.5, 0.6) is 0 Å². The van der Waals surface area contributed by atoms with E-state index >= 15 is 0 Å². The van der Waals surface area contributed by atoms with E-state index in [1.54, 1.807) is 12.1 Å². The van der Waals surface area contributed by atoms with Crippen molar-refractivity contribution in [1.29, 1.82) is 0 Å². The number of para-hydroxylation sites is 1. The van der Waals surface area contributed by atoms with Crippen LogP contribution in [-0.2, 0) is 6.42 Å². The van der Waals surface area contributed by atoms with Crippen molar-refractivity contribution in [1.82, 2.24) is 5.32 Å². The summed E-state index contributed by atoms with van der Waals surface area (Å²) >= 11 is 0. The van der Waals surface area contributed by atoms with Gasteiger partial charge in [0.2, 0.25) is 0 Å². The molecule has 0 spiro atoms. The van der Waals surface area contributed by atoms with Crippen LogP contribution in [0.3, 0.4) is 0 Å². The zero-order chi connectivity index (χ0) is 13.8. The first-order valence-electron chi connectivity index (χ1n) is 6.26. The summed E-state index contributed by atoms with van der Waals surface area (Å²) in [5, 5.41) is 14.2. The number of hydrogen-bond acceptors (Lipinski definition) is 3. The van der Waals surface area contributed by atoms with Crippen LogP contribution >= 0.6 is 0 Å². The van der Waals surface area contributed by atoms with E-state index in [1.807, 2.05) is 19.2 Å². The number of benzene rings is 1. The Hall–Kier alpha value is -1.42. The average molecular weight is 250 g/mol. The zero-order valence-electron chi connectivity index (χ0n) is 11.6. The molecule has 18 heavy (non-hydrogen) atoms. The third-order valence-corrected chi connectivity index (χ3v) is 3.28. The fourth-order valence-electron chi connectivity index (χ4n) is 2.21. The van der Waals surface area contributed by atoms with Crippen molar-refractivity contribution in [2.45, 2.75) is 39.7 Å². The molecule has 0 amide bonds. The van der Waals surface area contributed by atoms with Crippen LogP contribution in [0.1, 0.15) is 32.8 Å². The Balaban J connectivity index is 2.77. The third-order valence-electron chi connectivity index (χ3n) is 3.28. The molecular formula is C14H22N2O2. The number of nitro benzene ring substituents is 1. The first kappa shape index (κ1) is 14.6. The molecular weight excluding hydrogens is 228 g/mol. The highest BCUT2D eigenvalue weighted by atomic mass is 16.6. The largest absolute Gasteiger partial charge is 0.316 e. The molecule has 0 radical (unpaired) electrons. The summed E-state index contributed by atoms with van der Waals surface area (Å²) in [7, 11) is 1.94. The number of hydrogen-bond donors (Lipinski definition) is 1. The standard InChI is InChI=1S/C14H22N2O2/c1-14(2,3)13(15-4)10-9-11-7-5-6-8-12(11)16(17)18/h5-8,13,15H,9-10H2,1-4H3. The number of nitro groups is 1. The molecule has 1 rings (SSSR count). The van der Waals surface area contributed by atoms with E-state index in [1.165, 1.54) is 0 Å². The second-order valence-electron chi connectivity index (χ2n) is 5.63. The number of aryl methyl sites for hydroxylation is 1. The number of nitrogens with zero attached hydrogens (tertiary/aromatic N) is 1. The van der Waals surface area contributed by atoms with E-state index < -0.39 is 0 Å². The van der Waals surface area contributed by atoms with Gasteiger partial charge in [-0.1, -0.05) is 39.0 Å². The highest BCUT2D eigenvalue weighted by molar-refractivity contribution is 5.39. The first-order valence-corrected chi connectivity index (χ1v) is 6.26. The van der Waals surface area contributed by atoms with Gasteiger partial charge in [-0.2, -0.15) is 0 Å². The van der Waals surface area contributed by atoms with Gasteiger partial charge >= 0.3 is 0 Å². The summed E-state index contributed by atoms with van der Waals surface area (Å²) < 4.78 is 0. The van der Waals surface area contributed by atoms with Gasteiger partial charge < -0.3 is 5.32 Å². The lowest BCUT2D eigenvalue weighted by Crippen LogP contribution is -2.38. The molecule has 1 unspecified atom stereocenters. The summed E-state index contributed by atoms with van der Waals surface area (Å²) in [5.41, 5.74) is 1.19. The van der Waals surface area contributed by atoms with Crippen molar-refractivity contribution >= 4 is 5.69 Å². The molecule has 0 aliphatic heterocycles. The van der Waals surface area contributed by atoms with Crippen molar-refractivity contribution in [3.63, 3.8) is 0 Å². The van der Waals surface area contributed by atoms with E-state index in [4.69, 9.17) is 0 Å². The molecule has 4 nitrogen and oxygen atoms in total. The number of rotatable bonds is 5. The molecule has 0 aliphatic rings. The van der Waals surface area contributed by atoms with Crippen molar-refractivity contribution in [3.05, 3.63) is 39.9 Å². The SMILES string of the molecule is CNC(CCc1ccccc1[N+](=O)[O-])C(C)(C)C. The van der Waals surface area contributed by atoms with Crippen LogP contribution < -0.4 is 5.32 Å². The summed E-state index contributed by atoms with van der Waals surface area (Å²) in [6.45, 7) is 6.52. The zero-order valence-corrected chi connectivity index (χ0v) is 11.6. The van der Waals surface area contributed by atoms with Crippen molar-refractivity contribution in [3.8, 4) is 0 Å². The lowest BCUT2D eigenvalue weighted by Gasteiger charge is -2.30. The normalized spacial score (nSPS) is 13.3. The fraction of sp³-hybridized carbons (Fsp3) is 0.571. The monoisotopic (exact) mass is 250 g/mol. The lowest BCUT2D eigenvalue weighted by atomic mass is 9.83. The molecule has 1 N–H and O–H groups in total. The highest BCUT2D eigenvalue weighted by Gasteiger charge is 2.23. The van der Waals surface area contributed by atoms with Crippen LogP contribution in [0.2, 0.25) is 0 Å². The molecule has 1 atom stereocenters. The van der Waals surface area contributed by atoms with E-state index in [0.717, 1.165) is 18.4 Å². The Kier molecular flexibility index (Phi) is 4.84. The van der Waals surface area contributed by atoms with Gasteiger partial charge in [-0.25, -0.2) is 0 Å². The Morgan fingerprint density at radius 2 is 1.94 bits per heavy atom. The maximum absolute atomic E-state index is 10.9. The quantitative estimate of drug-likeness (QED) is 0.645. The molecule has 100 valence electrons. The van der Waals surface area contributed by atoms with Gasteiger partial charge in [0, 0.05) is 17.7 Å². The Labute approximate surface area is 109 Å². The smallest absolute Gasteiger partial charge is 0.272 e. The first-order chi connectivity index (χ1) is 8.36. The van der Waals surface area contributed by atoms with Gasteiger partial charge in [0.1, 0.15) is 0 Å². The molecule has 4 heteroatoms. The van der Waals surface area contributed by atoms with Crippen LogP contribution in [0.4, 0.5) is 5.69 Å². The van der Waals surface area contributed by atoms with Crippen LogP contribution in [0.25, 0.3) is 0 Å². The maximum atomic E-state index is 10.9. The van der Waals surface area contributed by atoms with Gasteiger partial charge in [-0.05, 0) is 25.3 Å². The Morgan fingerprint density at radius 1 is 1.33 bits per heavy atom. The van der Waals surface area contributed by atoms with Gasteiger partial charge in [0.25, 0.3) is 5.69 Å². The molecule has 0 fully saturated rings. The van der Waals surface area contributed by atoms with Crippen molar-refractivity contribution < 1.29 is 4.92 Å². The highest BCUT2D eigenvalue weighted by Crippen LogP contribution is 2.25. The van der Waals surface area contributed by atoms with Gasteiger partial charge in [0.15, 0.2) is 0 Å². The second-order valence-corrected chi connectivity index (χ2v) is 5.63. The molecule has 0 saturated carbocycles. The molecule has 0 heterocycles. The van der Waals surface area contributed by atoms with Crippen LogP contribution in [-0.4, -0.2) is 18.0 Å². The van der Waals surface area contributed by atoms with E-state index in [2.05, 4.69) is 26.1 Å². The van der Waals surface area contributed by atoms with E-state index in [9.17, 15) is 10.1 Å². The Morgan fingerprint density at radius 3 is 2.44 bits per heavy atom. The minimum absolute atomic E-state index is 0.151. The Bertz CT molecular complexity index is 411. The second kappa shape index (κ2) is 5.96. The van der Waals surface area contributed by atoms with Crippen molar-refractivity contribution in [2.75, 3.05) is 7.05 Å². The lowest BCUT2D eigenvalue weighted by molar-refractivity contribution is -0.385. The summed E-state index contributed by atoms with van der Waals surface area (Å²) in [4.78, 5) is 10.6. The third kappa shape index (κ3) is 3.81. The number of nitrogens with one attached hydrogen (secondary N) is 1. The summed E-state index contributed by atoms with van der Waals surface area (Å²) in [5.74, 6) is 0. The van der Waals surface area contributed by atoms with Gasteiger partial charge in [0.05, 0.1) is 4.92 Å². The van der Waals surface area contributed by atoms with Crippen molar-refractivity contribution in [2.24, 2.45) is 5.41 Å². The van der Waals surface area contributed by atoms with Gasteiger partial charge in [-0.3, -0.25) is 10.1 Å². The minimum Gasteiger partial charge on any atom is -0.316 e. The fourth-order valence-corrected chi connectivity index (χ4v) is 2.21. The van der Waals surface area contributed by atoms with E-state index in [0.29, 0.717) is 6.04 Å². The summed E-state index contributed by atoms with van der Waals surface area (Å²) in [6, 6.07) is 7.32. The topological polar surface area (TPSA) is 55.2 Å². The molecule has 1 aromatic carbocycles. The van der Waals surface area contributed by atoms with Crippen LogP contribution in [0.15, 0.2) is 24.3 Å². The molecule has 0 saturated heterocycles. The molecule has 0 aliphatic carbocycles. The molecule has 1 aromatic rings. The predicted octanol–water partition coefficient (Wildman–Crippen LogP) is 3.16. The predicted molar refractivity (Wildman–Crippen MR) is 73.7 cm³/mol. The molecule has 0 bridgehead atoms. The van der Waals surface area contributed by atoms with E-state index in [-0.39, 0.29) is 16.0 Å². The molecule has 0 aromatic heterocycles. The average Bonchev–Trinajstić information content (AvgIpc) is 2.28. The summed E-state index contributed by atoms with van der Waals surface area (Å²) in [6.07, 6.45) is 1.62. The van der Waals surface area contributed by atoms with Gasteiger partial charge in [-0.15, -0.1) is 0 Å². The maximum Gasteiger partial charge on any atom is 0.272 e.